The van der Waals surface area contributed by atoms with E-state index in [4.69, 9.17) is 5.11 Å². The molecule has 0 radical (unpaired) electrons. The summed E-state index contributed by atoms with van der Waals surface area (Å²) >= 11 is 0. The lowest BCUT2D eigenvalue weighted by Crippen LogP contribution is -2.45. The zero-order valence-electron chi connectivity index (χ0n) is 11.3. The second-order valence-corrected chi connectivity index (χ2v) is 4.78. The van der Waals surface area contributed by atoms with Crippen LogP contribution >= 0.6 is 0 Å². The molecule has 1 aliphatic carbocycles. The van der Waals surface area contributed by atoms with Gasteiger partial charge in [0.15, 0.2) is 0 Å². The van der Waals surface area contributed by atoms with E-state index in [0.29, 0.717) is 25.8 Å². The van der Waals surface area contributed by atoms with Gasteiger partial charge in [0.25, 0.3) is 0 Å². The van der Waals surface area contributed by atoms with Gasteiger partial charge in [0, 0.05) is 19.6 Å². The van der Waals surface area contributed by atoms with Gasteiger partial charge < -0.3 is 20.6 Å². The van der Waals surface area contributed by atoms with Gasteiger partial charge in [0.2, 0.25) is 5.91 Å². The molecule has 1 saturated carbocycles. The molecule has 108 valence electrons. The molecule has 7 nitrogen and oxygen atoms in total. The first-order valence-corrected chi connectivity index (χ1v) is 6.45. The summed E-state index contributed by atoms with van der Waals surface area (Å²) in [5.74, 6) is -1.35. The SMILES string of the molecule is CCN(C)C(=O)CNC(=O)N[C@H]1CC[C@@H](C(=O)O)C1. The van der Waals surface area contributed by atoms with E-state index >= 15 is 0 Å². The van der Waals surface area contributed by atoms with Gasteiger partial charge >= 0.3 is 12.0 Å². The third kappa shape index (κ3) is 4.76. The molecule has 0 aromatic rings. The quantitative estimate of drug-likeness (QED) is 0.656. The number of carbonyl (C=O) groups excluding carboxylic acids is 2. The van der Waals surface area contributed by atoms with E-state index in [-0.39, 0.29) is 24.4 Å². The van der Waals surface area contributed by atoms with Crippen LogP contribution in [0.5, 0.6) is 0 Å². The van der Waals surface area contributed by atoms with Crippen LogP contribution in [0.1, 0.15) is 26.2 Å². The Morgan fingerprint density at radius 1 is 1.32 bits per heavy atom. The van der Waals surface area contributed by atoms with Crippen LogP contribution in [0.4, 0.5) is 4.79 Å². The minimum atomic E-state index is -0.815. The Bertz CT molecular complexity index is 359. The molecule has 1 rings (SSSR count). The molecule has 0 spiro atoms. The smallest absolute Gasteiger partial charge is 0.315 e. The van der Waals surface area contributed by atoms with Crippen LogP contribution in [-0.2, 0) is 9.59 Å². The van der Waals surface area contributed by atoms with Crippen molar-refractivity contribution in [3.63, 3.8) is 0 Å². The highest BCUT2D eigenvalue weighted by atomic mass is 16.4. The second kappa shape index (κ2) is 6.96. The molecule has 3 amide bonds. The lowest BCUT2D eigenvalue weighted by Gasteiger charge is -2.16. The molecule has 7 heteroatoms. The minimum absolute atomic E-state index is 0.0503. The molecule has 3 N–H and O–H groups in total. The summed E-state index contributed by atoms with van der Waals surface area (Å²) in [6, 6.07) is -0.547. The third-order valence-corrected chi connectivity index (χ3v) is 3.42. The van der Waals surface area contributed by atoms with Gasteiger partial charge in [-0.25, -0.2) is 4.79 Å². The second-order valence-electron chi connectivity index (χ2n) is 4.78. The maximum absolute atomic E-state index is 11.6. The predicted molar refractivity (Wildman–Crippen MR) is 68.6 cm³/mol. The van der Waals surface area contributed by atoms with Crippen molar-refractivity contribution >= 4 is 17.9 Å². The highest BCUT2D eigenvalue weighted by molar-refractivity contribution is 5.84. The number of aliphatic carboxylic acids is 1. The van der Waals surface area contributed by atoms with E-state index in [2.05, 4.69) is 10.6 Å². The summed E-state index contributed by atoms with van der Waals surface area (Å²) in [6.45, 7) is 2.39. The predicted octanol–water partition coefficient (Wildman–Crippen LogP) is 0.0172. The van der Waals surface area contributed by atoms with Crippen molar-refractivity contribution in [1.82, 2.24) is 15.5 Å². The van der Waals surface area contributed by atoms with Crippen LogP contribution < -0.4 is 10.6 Å². The summed E-state index contributed by atoms with van der Waals surface area (Å²) in [7, 11) is 1.66. The van der Waals surface area contributed by atoms with E-state index in [1.165, 1.54) is 4.90 Å². The molecule has 1 fully saturated rings. The largest absolute Gasteiger partial charge is 0.481 e. The zero-order chi connectivity index (χ0) is 14.4. The first-order valence-electron chi connectivity index (χ1n) is 6.45. The molecule has 0 aliphatic heterocycles. The molecule has 2 atom stereocenters. The van der Waals surface area contributed by atoms with E-state index in [0.717, 1.165) is 0 Å². The van der Waals surface area contributed by atoms with E-state index in [1.54, 1.807) is 7.05 Å². The number of amides is 3. The lowest BCUT2D eigenvalue weighted by atomic mass is 10.1. The first-order chi connectivity index (χ1) is 8.93. The summed E-state index contributed by atoms with van der Waals surface area (Å²) in [5, 5.41) is 14.0. The highest BCUT2D eigenvalue weighted by Gasteiger charge is 2.30. The molecule has 0 heterocycles. The van der Waals surface area contributed by atoms with Crippen LogP contribution in [-0.4, -0.2) is 54.1 Å². The summed E-state index contributed by atoms with van der Waals surface area (Å²) < 4.78 is 0. The number of nitrogens with zero attached hydrogens (tertiary/aromatic N) is 1. The van der Waals surface area contributed by atoms with Crippen LogP contribution in [0, 0.1) is 5.92 Å². The number of carbonyl (C=O) groups is 3. The Kier molecular flexibility index (Phi) is 5.59. The fraction of sp³-hybridized carbons (Fsp3) is 0.750. The van der Waals surface area contributed by atoms with Gasteiger partial charge in [0.1, 0.15) is 0 Å². The van der Waals surface area contributed by atoms with Gasteiger partial charge in [-0.2, -0.15) is 0 Å². The maximum Gasteiger partial charge on any atom is 0.315 e. The number of urea groups is 1. The molecule has 0 bridgehead atoms. The number of carboxylic acids is 1. The van der Waals surface area contributed by atoms with Crippen LogP contribution in [0.3, 0.4) is 0 Å². The van der Waals surface area contributed by atoms with Crippen LogP contribution in [0.2, 0.25) is 0 Å². The van der Waals surface area contributed by atoms with Gasteiger partial charge in [-0.15, -0.1) is 0 Å². The minimum Gasteiger partial charge on any atom is -0.481 e. The molecule has 0 aromatic carbocycles. The zero-order valence-corrected chi connectivity index (χ0v) is 11.3. The average Bonchev–Trinajstić information content (AvgIpc) is 2.83. The van der Waals surface area contributed by atoms with Crippen molar-refractivity contribution in [2.24, 2.45) is 5.92 Å². The maximum atomic E-state index is 11.6. The topological polar surface area (TPSA) is 98.7 Å². The monoisotopic (exact) mass is 271 g/mol. The Balaban J connectivity index is 2.25. The number of hydrogen-bond acceptors (Lipinski definition) is 3. The van der Waals surface area contributed by atoms with Crippen molar-refractivity contribution in [3.05, 3.63) is 0 Å². The normalized spacial score (nSPS) is 21.8. The van der Waals surface area contributed by atoms with Gasteiger partial charge in [0.05, 0.1) is 12.5 Å². The molecule has 19 heavy (non-hydrogen) atoms. The number of rotatable bonds is 5. The van der Waals surface area contributed by atoms with Crippen molar-refractivity contribution < 1.29 is 19.5 Å². The molecule has 1 aliphatic rings. The number of carboxylic acid groups (broad SMARTS) is 1. The molecular formula is C12H21N3O4. The van der Waals surface area contributed by atoms with Crippen LogP contribution in [0.15, 0.2) is 0 Å². The van der Waals surface area contributed by atoms with Gasteiger partial charge in [-0.05, 0) is 26.2 Å². The Morgan fingerprint density at radius 3 is 2.53 bits per heavy atom. The summed E-state index contributed by atoms with van der Waals surface area (Å²) in [4.78, 5) is 35.3. The van der Waals surface area contributed by atoms with Gasteiger partial charge in [-0.1, -0.05) is 0 Å². The Hall–Kier alpha value is -1.79. The van der Waals surface area contributed by atoms with Crippen molar-refractivity contribution in [3.8, 4) is 0 Å². The Morgan fingerprint density at radius 2 is 2.00 bits per heavy atom. The fourth-order valence-corrected chi connectivity index (χ4v) is 2.04. The van der Waals surface area contributed by atoms with Crippen molar-refractivity contribution in [2.75, 3.05) is 20.1 Å². The fourth-order valence-electron chi connectivity index (χ4n) is 2.04. The third-order valence-electron chi connectivity index (χ3n) is 3.42. The van der Waals surface area contributed by atoms with E-state index < -0.39 is 12.0 Å². The number of likely N-dealkylation sites (N-methyl/N-ethyl adjacent to an activating group) is 1. The van der Waals surface area contributed by atoms with Crippen LogP contribution in [0.25, 0.3) is 0 Å². The van der Waals surface area contributed by atoms with Crippen molar-refractivity contribution in [1.29, 1.82) is 0 Å². The first kappa shape index (κ1) is 15.3. The standard InChI is InChI=1S/C12H21N3O4/c1-3-15(2)10(16)7-13-12(19)14-9-5-4-8(6-9)11(17)18/h8-9H,3-7H2,1-2H3,(H,17,18)(H2,13,14,19)/t8-,9+/m1/s1. The van der Waals surface area contributed by atoms with Crippen molar-refractivity contribution in [2.45, 2.75) is 32.2 Å². The molecule has 0 aromatic heterocycles. The number of nitrogens with one attached hydrogen (secondary N) is 2. The summed E-state index contributed by atoms with van der Waals surface area (Å²) in [6.07, 6.45) is 1.69. The molecule has 0 unspecified atom stereocenters. The lowest BCUT2D eigenvalue weighted by molar-refractivity contribution is -0.141. The molecular weight excluding hydrogens is 250 g/mol. The number of hydrogen-bond donors (Lipinski definition) is 3. The Labute approximate surface area is 112 Å². The van der Waals surface area contributed by atoms with E-state index in [9.17, 15) is 14.4 Å². The van der Waals surface area contributed by atoms with E-state index in [1.807, 2.05) is 6.92 Å². The van der Waals surface area contributed by atoms with Gasteiger partial charge in [-0.3, -0.25) is 9.59 Å². The summed E-state index contributed by atoms with van der Waals surface area (Å²) in [5.41, 5.74) is 0. The highest BCUT2D eigenvalue weighted by Crippen LogP contribution is 2.25. The average molecular weight is 271 g/mol. The molecule has 0 saturated heterocycles.